The maximum atomic E-state index is 12.6. The van der Waals surface area contributed by atoms with Gasteiger partial charge in [0.1, 0.15) is 5.70 Å². The highest BCUT2D eigenvalue weighted by Gasteiger charge is 2.15. The van der Waals surface area contributed by atoms with Crippen molar-refractivity contribution in [3.63, 3.8) is 0 Å². The zero-order chi connectivity index (χ0) is 17.6. The van der Waals surface area contributed by atoms with Crippen LogP contribution in [0.1, 0.15) is 20.1 Å². The van der Waals surface area contributed by atoms with E-state index < -0.39 is 0 Å². The molecule has 0 saturated heterocycles. The van der Waals surface area contributed by atoms with Crippen molar-refractivity contribution in [2.75, 3.05) is 5.32 Å². The molecule has 3 aromatic rings. The molecular weight excluding hydrogens is 352 g/mol. The van der Waals surface area contributed by atoms with Gasteiger partial charge in [0, 0.05) is 10.6 Å². The van der Waals surface area contributed by atoms with Gasteiger partial charge in [-0.25, -0.2) is 0 Å². The molecule has 3 rings (SSSR count). The number of thiophene rings is 2. The molecule has 2 heterocycles. The number of carbonyl (C=O) groups is 2. The summed E-state index contributed by atoms with van der Waals surface area (Å²) in [7, 11) is 0. The van der Waals surface area contributed by atoms with Crippen LogP contribution >= 0.6 is 22.7 Å². The quantitative estimate of drug-likeness (QED) is 0.650. The number of hydrogen-bond acceptors (Lipinski definition) is 4. The van der Waals surface area contributed by atoms with Crippen molar-refractivity contribution in [3.8, 4) is 0 Å². The average Bonchev–Trinajstić information content (AvgIpc) is 3.29. The molecule has 1 aromatic carbocycles. The number of aryl methyl sites for hydroxylation is 1. The number of amides is 2. The first-order valence-corrected chi connectivity index (χ1v) is 9.36. The van der Waals surface area contributed by atoms with Crippen molar-refractivity contribution in [1.82, 2.24) is 5.32 Å². The van der Waals surface area contributed by atoms with E-state index in [4.69, 9.17) is 0 Å². The van der Waals surface area contributed by atoms with Crippen LogP contribution in [-0.2, 0) is 4.79 Å². The third-order valence-electron chi connectivity index (χ3n) is 3.38. The molecule has 2 amide bonds. The first kappa shape index (κ1) is 17.1. The third kappa shape index (κ3) is 4.65. The smallest absolute Gasteiger partial charge is 0.272 e. The number of hydrogen-bond donors (Lipinski definition) is 2. The second kappa shape index (κ2) is 7.92. The van der Waals surface area contributed by atoms with Gasteiger partial charge in [-0.3, -0.25) is 9.59 Å². The summed E-state index contributed by atoms with van der Waals surface area (Å²) < 4.78 is 0. The van der Waals surface area contributed by atoms with E-state index in [0.717, 1.165) is 10.4 Å². The summed E-state index contributed by atoms with van der Waals surface area (Å²) in [6, 6.07) is 14.8. The van der Waals surface area contributed by atoms with E-state index in [9.17, 15) is 9.59 Å². The van der Waals surface area contributed by atoms with Crippen molar-refractivity contribution in [2.45, 2.75) is 6.92 Å². The minimum atomic E-state index is -0.359. The molecule has 0 aliphatic heterocycles. The number of carbonyl (C=O) groups excluding carboxylic acids is 2. The van der Waals surface area contributed by atoms with Gasteiger partial charge < -0.3 is 10.6 Å². The lowest BCUT2D eigenvalue weighted by Gasteiger charge is -2.10. The molecule has 0 spiro atoms. The SMILES string of the molecule is Cc1ccc(NC(=O)/C(=C\c2cccs2)NC(=O)c2cccs2)cc1. The fourth-order valence-electron chi connectivity index (χ4n) is 2.10. The molecule has 126 valence electrons. The van der Waals surface area contributed by atoms with Crippen LogP contribution in [-0.4, -0.2) is 11.8 Å². The van der Waals surface area contributed by atoms with Gasteiger partial charge in [-0.2, -0.15) is 0 Å². The van der Waals surface area contributed by atoms with Gasteiger partial charge in [0.05, 0.1) is 4.88 Å². The minimum Gasteiger partial charge on any atom is -0.321 e. The van der Waals surface area contributed by atoms with Gasteiger partial charge in [0.15, 0.2) is 0 Å². The predicted molar refractivity (Wildman–Crippen MR) is 104 cm³/mol. The summed E-state index contributed by atoms with van der Waals surface area (Å²) in [5.74, 6) is -0.654. The number of anilines is 1. The molecule has 0 radical (unpaired) electrons. The lowest BCUT2D eigenvalue weighted by molar-refractivity contribution is -0.113. The Kier molecular flexibility index (Phi) is 5.42. The molecule has 25 heavy (non-hydrogen) atoms. The van der Waals surface area contributed by atoms with E-state index in [1.807, 2.05) is 54.1 Å². The average molecular weight is 368 g/mol. The molecule has 2 aromatic heterocycles. The number of rotatable bonds is 5. The molecular formula is C19H16N2O2S2. The predicted octanol–water partition coefficient (Wildman–Crippen LogP) is 4.53. The highest BCUT2D eigenvalue weighted by atomic mass is 32.1. The van der Waals surface area contributed by atoms with E-state index in [1.54, 1.807) is 18.2 Å². The van der Waals surface area contributed by atoms with E-state index in [0.29, 0.717) is 10.6 Å². The van der Waals surface area contributed by atoms with E-state index in [1.165, 1.54) is 22.7 Å². The molecule has 0 saturated carbocycles. The van der Waals surface area contributed by atoms with Crippen molar-refractivity contribution in [3.05, 3.63) is 80.3 Å². The largest absolute Gasteiger partial charge is 0.321 e. The highest BCUT2D eigenvalue weighted by molar-refractivity contribution is 7.12. The van der Waals surface area contributed by atoms with Gasteiger partial charge in [-0.15, -0.1) is 22.7 Å². The first-order valence-electron chi connectivity index (χ1n) is 7.60. The van der Waals surface area contributed by atoms with Gasteiger partial charge >= 0.3 is 0 Å². The fourth-order valence-corrected chi connectivity index (χ4v) is 3.38. The lowest BCUT2D eigenvalue weighted by Crippen LogP contribution is -2.30. The van der Waals surface area contributed by atoms with E-state index in [-0.39, 0.29) is 17.5 Å². The zero-order valence-corrected chi connectivity index (χ0v) is 15.1. The van der Waals surface area contributed by atoms with Crippen molar-refractivity contribution in [1.29, 1.82) is 0 Å². The molecule has 6 heteroatoms. The molecule has 0 aliphatic carbocycles. The van der Waals surface area contributed by atoms with Crippen molar-refractivity contribution >= 4 is 46.3 Å². The van der Waals surface area contributed by atoms with Gasteiger partial charge in [-0.05, 0) is 48.0 Å². The van der Waals surface area contributed by atoms with Crippen LogP contribution in [0.4, 0.5) is 5.69 Å². The summed E-state index contributed by atoms with van der Waals surface area (Å²) in [6.45, 7) is 1.98. The second-order valence-electron chi connectivity index (χ2n) is 5.33. The topological polar surface area (TPSA) is 58.2 Å². The maximum Gasteiger partial charge on any atom is 0.272 e. The zero-order valence-electron chi connectivity index (χ0n) is 13.5. The Morgan fingerprint density at radius 1 is 0.960 bits per heavy atom. The second-order valence-corrected chi connectivity index (χ2v) is 7.25. The van der Waals surface area contributed by atoms with Crippen LogP contribution in [0.25, 0.3) is 6.08 Å². The van der Waals surface area contributed by atoms with Gasteiger partial charge in [0.2, 0.25) is 0 Å². The Morgan fingerprint density at radius 2 is 1.68 bits per heavy atom. The molecule has 4 nitrogen and oxygen atoms in total. The summed E-state index contributed by atoms with van der Waals surface area (Å²) in [5.41, 5.74) is 2.00. The summed E-state index contributed by atoms with van der Waals surface area (Å²) in [6.07, 6.45) is 1.68. The summed E-state index contributed by atoms with van der Waals surface area (Å²) in [5, 5.41) is 9.28. The van der Waals surface area contributed by atoms with E-state index in [2.05, 4.69) is 10.6 Å². The maximum absolute atomic E-state index is 12.6. The molecule has 2 N–H and O–H groups in total. The standard InChI is InChI=1S/C19H16N2O2S2/c1-13-6-8-14(9-7-13)20-18(22)16(12-15-4-2-10-24-15)21-19(23)17-5-3-11-25-17/h2-12H,1H3,(H,20,22)(H,21,23)/b16-12+. The van der Waals surface area contributed by atoms with Crippen LogP contribution in [0.5, 0.6) is 0 Å². The van der Waals surface area contributed by atoms with Gasteiger partial charge in [0.25, 0.3) is 11.8 Å². The Hall–Kier alpha value is -2.70. The monoisotopic (exact) mass is 368 g/mol. The first-order chi connectivity index (χ1) is 12.1. The van der Waals surface area contributed by atoms with Crippen LogP contribution in [0.15, 0.2) is 65.0 Å². The lowest BCUT2D eigenvalue weighted by atomic mass is 10.2. The highest BCUT2D eigenvalue weighted by Crippen LogP contribution is 2.16. The van der Waals surface area contributed by atoms with Crippen LogP contribution in [0.3, 0.4) is 0 Å². The Labute approximate surface area is 153 Å². The molecule has 0 aliphatic rings. The summed E-state index contributed by atoms with van der Waals surface area (Å²) in [4.78, 5) is 26.4. The number of nitrogens with one attached hydrogen (secondary N) is 2. The van der Waals surface area contributed by atoms with Crippen molar-refractivity contribution in [2.24, 2.45) is 0 Å². The molecule has 0 bridgehead atoms. The summed E-state index contributed by atoms with van der Waals surface area (Å²) >= 11 is 2.83. The van der Waals surface area contributed by atoms with E-state index >= 15 is 0 Å². The van der Waals surface area contributed by atoms with Gasteiger partial charge in [-0.1, -0.05) is 29.8 Å². The number of benzene rings is 1. The third-order valence-corrected chi connectivity index (χ3v) is 5.06. The molecule has 0 unspecified atom stereocenters. The van der Waals surface area contributed by atoms with Crippen LogP contribution in [0, 0.1) is 6.92 Å². The minimum absolute atomic E-state index is 0.210. The Balaban J connectivity index is 1.81. The fraction of sp³-hybridized carbons (Fsp3) is 0.0526. The molecule has 0 atom stereocenters. The Morgan fingerprint density at radius 3 is 2.32 bits per heavy atom. The molecule has 0 fully saturated rings. The Bertz CT molecular complexity index is 880. The normalized spacial score (nSPS) is 11.2. The van der Waals surface area contributed by atoms with Crippen LogP contribution < -0.4 is 10.6 Å². The van der Waals surface area contributed by atoms with Crippen LogP contribution in [0.2, 0.25) is 0 Å². The van der Waals surface area contributed by atoms with Crippen molar-refractivity contribution < 1.29 is 9.59 Å².